The Morgan fingerprint density at radius 2 is 2.21 bits per heavy atom. The smallest absolute Gasteiger partial charge is 0.0261 e. The largest absolute Gasteiger partial charge is 0.315 e. The van der Waals surface area contributed by atoms with Gasteiger partial charge < -0.3 is 10.2 Å². The maximum atomic E-state index is 3.53. The summed E-state index contributed by atoms with van der Waals surface area (Å²) >= 11 is 0. The van der Waals surface area contributed by atoms with Crippen molar-refractivity contribution in [3.8, 4) is 0 Å². The normalized spacial score (nSPS) is 33.6. The first-order valence-electron chi connectivity index (χ1n) is 5.87. The van der Waals surface area contributed by atoms with E-state index in [0.29, 0.717) is 0 Å². The summed E-state index contributed by atoms with van der Waals surface area (Å²) in [5.41, 5.74) is 0. The van der Waals surface area contributed by atoms with Gasteiger partial charge in [-0.2, -0.15) is 0 Å². The molecule has 2 unspecified atom stereocenters. The number of nitrogens with one attached hydrogen (secondary N) is 1. The molecule has 14 heavy (non-hydrogen) atoms. The first-order chi connectivity index (χ1) is 6.77. The van der Waals surface area contributed by atoms with E-state index in [1.165, 1.54) is 45.6 Å². The van der Waals surface area contributed by atoms with Crippen LogP contribution in [-0.2, 0) is 0 Å². The summed E-state index contributed by atoms with van der Waals surface area (Å²) < 4.78 is 0. The molecule has 3 heteroatoms. The second kappa shape index (κ2) is 4.60. The van der Waals surface area contributed by atoms with Crippen molar-refractivity contribution in [3.05, 3.63) is 0 Å². The standard InChI is InChI=1S/C11H23N3/c1-13(2)6-7-14-5-3-4-10-8-12-9-11(10)14/h10-12H,3-9H2,1-2H3. The highest BCUT2D eigenvalue weighted by atomic mass is 15.2. The molecular weight excluding hydrogens is 174 g/mol. The topological polar surface area (TPSA) is 18.5 Å². The Balaban J connectivity index is 1.84. The van der Waals surface area contributed by atoms with Gasteiger partial charge in [0.2, 0.25) is 0 Å². The molecule has 2 heterocycles. The molecule has 2 aliphatic heterocycles. The number of nitrogens with zero attached hydrogens (tertiary/aromatic N) is 2. The molecule has 2 saturated heterocycles. The summed E-state index contributed by atoms with van der Waals surface area (Å²) in [6.45, 7) is 6.23. The van der Waals surface area contributed by atoms with Crippen molar-refractivity contribution < 1.29 is 0 Å². The molecule has 82 valence electrons. The molecular formula is C11H23N3. The maximum Gasteiger partial charge on any atom is 0.0261 e. The van der Waals surface area contributed by atoms with Crippen LogP contribution in [-0.4, -0.2) is 62.7 Å². The number of likely N-dealkylation sites (tertiary alicyclic amines) is 1. The summed E-state index contributed by atoms with van der Waals surface area (Å²) in [7, 11) is 4.32. The number of rotatable bonds is 3. The van der Waals surface area contributed by atoms with Crippen LogP contribution in [0, 0.1) is 5.92 Å². The number of hydrogen-bond donors (Lipinski definition) is 1. The lowest BCUT2D eigenvalue weighted by atomic mass is 9.92. The number of hydrogen-bond acceptors (Lipinski definition) is 3. The maximum absolute atomic E-state index is 3.53. The Hall–Kier alpha value is -0.120. The van der Waals surface area contributed by atoms with Gasteiger partial charge in [-0.15, -0.1) is 0 Å². The SMILES string of the molecule is CN(C)CCN1CCCC2CNCC21. The van der Waals surface area contributed by atoms with E-state index in [1.54, 1.807) is 0 Å². The first kappa shape index (κ1) is 10.4. The van der Waals surface area contributed by atoms with E-state index < -0.39 is 0 Å². The van der Waals surface area contributed by atoms with Gasteiger partial charge in [0.25, 0.3) is 0 Å². The zero-order valence-electron chi connectivity index (χ0n) is 9.50. The van der Waals surface area contributed by atoms with Crippen LogP contribution in [0.25, 0.3) is 0 Å². The number of likely N-dealkylation sites (N-methyl/N-ethyl adjacent to an activating group) is 1. The Morgan fingerprint density at radius 1 is 1.36 bits per heavy atom. The average molecular weight is 197 g/mol. The van der Waals surface area contributed by atoms with Gasteiger partial charge in [0.15, 0.2) is 0 Å². The fraction of sp³-hybridized carbons (Fsp3) is 1.00. The van der Waals surface area contributed by atoms with E-state index in [-0.39, 0.29) is 0 Å². The summed E-state index contributed by atoms with van der Waals surface area (Å²) in [5.74, 6) is 0.936. The minimum atomic E-state index is 0.837. The summed E-state index contributed by atoms with van der Waals surface area (Å²) in [6.07, 6.45) is 2.84. The molecule has 0 saturated carbocycles. The molecule has 0 radical (unpaired) electrons. The molecule has 0 aromatic heterocycles. The first-order valence-corrected chi connectivity index (χ1v) is 5.87. The summed E-state index contributed by atoms with van der Waals surface area (Å²) in [6, 6.07) is 0.837. The Kier molecular flexibility index (Phi) is 3.42. The Morgan fingerprint density at radius 3 is 3.00 bits per heavy atom. The molecule has 0 amide bonds. The predicted molar refractivity (Wildman–Crippen MR) is 59.5 cm³/mol. The highest BCUT2D eigenvalue weighted by molar-refractivity contribution is 4.91. The van der Waals surface area contributed by atoms with Crippen LogP contribution in [0.5, 0.6) is 0 Å². The van der Waals surface area contributed by atoms with E-state index in [1.807, 2.05) is 0 Å². The molecule has 3 nitrogen and oxygen atoms in total. The van der Waals surface area contributed by atoms with E-state index in [0.717, 1.165) is 12.0 Å². The van der Waals surface area contributed by atoms with Crippen LogP contribution in [0.3, 0.4) is 0 Å². The van der Waals surface area contributed by atoms with Crippen molar-refractivity contribution >= 4 is 0 Å². The predicted octanol–water partition coefficient (Wildman–Crippen LogP) is 0.232. The molecule has 0 aromatic rings. The van der Waals surface area contributed by atoms with Crippen molar-refractivity contribution in [1.82, 2.24) is 15.1 Å². The molecule has 0 bridgehead atoms. The minimum Gasteiger partial charge on any atom is -0.315 e. The second-order valence-corrected chi connectivity index (χ2v) is 4.97. The quantitative estimate of drug-likeness (QED) is 0.699. The third-order valence-electron chi connectivity index (χ3n) is 3.63. The summed E-state index contributed by atoms with van der Waals surface area (Å²) in [5, 5.41) is 3.53. The van der Waals surface area contributed by atoms with Crippen LogP contribution in [0.1, 0.15) is 12.8 Å². The zero-order chi connectivity index (χ0) is 9.97. The lowest BCUT2D eigenvalue weighted by molar-refractivity contribution is 0.116. The molecule has 1 N–H and O–H groups in total. The van der Waals surface area contributed by atoms with Gasteiger partial charge >= 0.3 is 0 Å². The van der Waals surface area contributed by atoms with Crippen LogP contribution < -0.4 is 5.32 Å². The van der Waals surface area contributed by atoms with E-state index in [4.69, 9.17) is 0 Å². The molecule has 2 rings (SSSR count). The zero-order valence-corrected chi connectivity index (χ0v) is 9.50. The van der Waals surface area contributed by atoms with Gasteiger partial charge in [0, 0.05) is 25.7 Å². The molecule has 2 aliphatic rings. The Bertz CT molecular complexity index is 181. The van der Waals surface area contributed by atoms with E-state index in [2.05, 4.69) is 29.2 Å². The van der Waals surface area contributed by atoms with Gasteiger partial charge in [-0.25, -0.2) is 0 Å². The van der Waals surface area contributed by atoms with Crippen LogP contribution in [0.4, 0.5) is 0 Å². The molecule has 2 atom stereocenters. The van der Waals surface area contributed by atoms with Gasteiger partial charge in [-0.3, -0.25) is 4.90 Å². The highest BCUT2D eigenvalue weighted by Gasteiger charge is 2.34. The average Bonchev–Trinajstić information content (AvgIpc) is 2.62. The van der Waals surface area contributed by atoms with Crippen molar-refractivity contribution in [2.75, 3.05) is 46.8 Å². The van der Waals surface area contributed by atoms with E-state index >= 15 is 0 Å². The lowest BCUT2D eigenvalue weighted by Crippen LogP contribution is -2.47. The monoisotopic (exact) mass is 197 g/mol. The highest BCUT2D eigenvalue weighted by Crippen LogP contribution is 2.25. The molecule has 2 fully saturated rings. The minimum absolute atomic E-state index is 0.837. The van der Waals surface area contributed by atoms with Crippen molar-refractivity contribution in [2.45, 2.75) is 18.9 Å². The third kappa shape index (κ3) is 2.27. The van der Waals surface area contributed by atoms with Gasteiger partial charge in [-0.1, -0.05) is 0 Å². The Labute approximate surface area is 87.4 Å². The van der Waals surface area contributed by atoms with Crippen molar-refractivity contribution in [2.24, 2.45) is 5.92 Å². The number of piperidine rings is 1. The van der Waals surface area contributed by atoms with Crippen LogP contribution in [0.15, 0.2) is 0 Å². The van der Waals surface area contributed by atoms with Crippen LogP contribution in [0.2, 0.25) is 0 Å². The van der Waals surface area contributed by atoms with Gasteiger partial charge in [0.1, 0.15) is 0 Å². The van der Waals surface area contributed by atoms with E-state index in [9.17, 15) is 0 Å². The van der Waals surface area contributed by atoms with Crippen molar-refractivity contribution in [1.29, 1.82) is 0 Å². The fourth-order valence-corrected chi connectivity index (χ4v) is 2.77. The van der Waals surface area contributed by atoms with Gasteiger partial charge in [0.05, 0.1) is 0 Å². The fourth-order valence-electron chi connectivity index (χ4n) is 2.77. The summed E-state index contributed by atoms with van der Waals surface area (Å²) in [4.78, 5) is 4.97. The molecule has 0 aliphatic carbocycles. The second-order valence-electron chi connectivity index (χ2n) is 4.97. The van der Waals surface area contributed by atoms with Gasteiger partial charge in [-0.05, 0) is 45.9 Å². The molecule has 0 spiro atoms. The number of fused-ring (bicyclic) bond motifs is 1. The van der Waals surface area contributed by atoms with Crippen molar-refractivity contribution in [3.63, 3.8) is 0 Å². The lowest BCUT2D eigenvalue weighted by Gasteiger charge is -2.37. The molecule has 0 aromatic carbocycles. The third-order valence-corrected chi connectivity index (χ3v) is 3.63. The van der Waals surface area contributed by atoms with Crippen LogP contribution >= 0.6 is 0 Å².